The largest absolute Gasteiger partial charge is 0.357 e. The SMILES string of the molecule is CCN(CC)c1ncccc1CNC(=O)c1cc(=O)[nH]c2ccccc12. The van der Waals surface area contributed by atoms with Crippen molar-refractivity contribution in [1.82, 2.24) is 15.3 Å². The van der Waals surface area contributed by atoms with E-state index in [4.69, 9.17) is 0 Å². The molecular formula is C20H22N4O2. The molecule has 0 aliphatic carbocycles. The van der Waals surface area contributed by atoms with Crippen LogP contribution in [0.1, 0.15) is 29.8 Å². The summed E-state index contributed by atoms with van der Waals surface area (Å²) in [6.45, 7) is 6.17. The van der Waals surface area contributed by atoms with Crippen molar-refractivity contribution in [2.24, 2.45) is 0 Å². The summed E-state index contributed by atoms with van der Waals surface area (Å²) in [5, 5.41) is 3.64. The van der Waals surface area contributed by atoms with Crippen molar-refractivity contribution in [2.45, 2.75) is 20.4 Å². The fourth-order valence-corrected chi connectivity index (χ4v) is 3.04. The van der Waals surface area contributed by atoms with E-state index in [2.05, 4.69) is 34.0 Å². The summed E-state index contributed by atoms with van der Waals surface area (Å²) in [6, 6.07) is 12.4. The third kappa shape index (κ3) is 3.59. The highest BCUT2D eigenvalue weighted by molar-refractivity contribution is 6.05. The van der Waals surface area contributed by atoms with Crippen LogP contribution < -0.4 is 15.8 Å². The van der Waals surface area contributed by atoms with Gasteiger partial charge in [-0.3, -0.25) is 9.59 Å². The molecule has 0 aliphatic heterocycles. The van der Waals surface area contributed by atoms with Crippen LogP contribution in [-0.4, -0.2) is 29.0 Å². The summed E-state index contributed by atoms with van der Waals surface area (Å²) in [7, 11) is 0. The number of hydrogen-bond acceptors (Lipinski definition) is 4. The highest BCUT2D eigenvalue weighted by Gasteiger charge is 2.14. The zero-order chi connectivity index (χ0) is 18.5. The number of aromatic amines is 1. The number of carbonyl (C=O) groups is 1. The maximum absolute atomic E-state index is 12.7. The summed E-state index contributed by atoms with van der Waals surface area (Å²) < 4.78 is 0. The first-order valence-corrected chi connectivity index (χ1v) is 8.73. The molecule has 2 N–H and O–H groups in total. The normalized spacial score (nSPS) is 10.7. The number of nitrogens with one attached hydrogen (secondary N) is 2. The molecule has 1 aromatic carbocycles. The van der Waals surface area contributed by atoms with Crippen LogP contribution in [0.3, 0.4) is 0 Å². The molecule has 0 atom stereocenters. The first-order chi connectivity index (χ1) is 12.6. The second-order valence-corrected chi connectivity index (χ2v) is 5.93. The van der Waals surface area contributed by atoms with E-state index in [0.717, 1.165) is 29.9 Å². The van der Waals surface area contributed by atoms with Crippen LogP contribution in [0, 0.1) is 0 Å². The first-order valence-electron chi connectivity index (χ1n) is 8.73. The van der Waals surface area contributed by atoms with E-state index in [9.17, 15) is 9.59 Å². The van der Waals surface area contributed by atoms with E-state index in [-0.39, 0.29) is 11.5 Å². The fraction of sp³-hybridized carbons (Fsp3) is 0.250. The van der Waals surface area contributed by atoms with Crippen molar-refractivity contribution in [2.75, 3.05) is 18.0 Å². The van der Waals surface area contributed by atoms with Gasteiger partial charge in [0, 0.05) is 48.4 Å². The van der Waals surface area contributed by atoms with E-state index in [1.165, 1.54) is 6.07 Å². The third-order valence-corrected chi connectivity index (χ3v) is 4.37. The molecule has 0 bridgehead atoms. The number of fused-ring (bicyclic) bond motifs is 1. The summed E-state index contributed by atoms with van der Waals surface area (Å²) in [6.07, 6.45) is 1.75. The Labute approximate surface area is 151 Å². The molecule has 0 unspecified atom stereocenters. The maximum Gasteiger partial charge on any atom is 0.252 e. The van der Waals surface area contributed by atoms with Crippen LogP contribution in [-0.2, 0) is 6.54 Å². The molecule has 3 aromatic rings. The van der Waals surface area contributed by atoms with Crippen LogP contribution in [0.4, 0.5) is 5.82 Å². The highest BCUT2D eigenvalue weighted by atomic mass is 16.2. The Balaban J connectivity index is 1.86. The topological polar surface area (TPSA) is 78.1 Å². The van der Waals surface area contributed by atoms with Crippen molar-refractivity contribution >= 4 is 22.6 Å². The maximum atomic E-state index is 12.7. The predicted octanol–water partition coefficient (Wildman–Crippen LogP) is 2.70. The van der Waals surface area contributed by atoms with Gasteiger partial charge in [-0.25, -0.2) is 4.98 Å². The van der Waals surface area contributed by atoms with Gasteiger partial charge in [0.25, 0.3) is 5.91 Å². The van der Waals surface area contributed by atoms with Gasteiger partial charge in [-0.1, -0.05) is 24.3 Å². The van der Waals surface area contributed by atoms with Gasteiger partial charge in [0.15, 0.2) is 0 Å². The molecule has 0 aliphatic rings. The zero-order valence-corrected chi connectivity index (χ0v) is 15.0. The molecule has 6 heteroatoms. The van der Waals surface area contributed by atoms with E-state index < -0.39 is 0 Å². The minimum Gasteiger partial charge on any atom is -0.357 e. The quantitative estimate of drug-likeness (QED) is 0.716. The first kappa shape index (κ1) is 17.7. The number of pyridine rings is 2. The zero-order valence-electron chi connectivity index (χ0n) is 15.0. The summed E-state index contributed by atoms with van der Waals surface area (Å²) >= 11 is 0. The summed E-state index contributed by atoms with van der Waals surface area (Å²) in [5.41, 5.74) is 1.67. The van der Waals surface area contributed by atoms with E-state index in [1.54, 1.807) is 12.3 Å². The number of carbonyl (C=O) groups excluding carboxylic acids is 1. The lowest BCUT2D eigenvalue weighted by atomic mass is 10.1. The smallest absolute Gasteiger partial charge is 0.252 e. The molecule has 0 radical (unpaired) electrons. The molecule has 2 heterocycles. The number of aromatic nitrogens is 2. The van der Waals surface area contributed by atoms with Crippen LogP contribution in [0.5, 0.6) is 0 Å². The highest BCUT2D eigenvalue weighted by Crippen LogP contribution is 2.18. The van der Waals surface area contributed by atoms with Gasteiger partial charge in [-0.05, 0) is 26.0 Å². The molecular weight excluding hydrogens is 328 g/mol. The number of rotatable bonds is 6. The Morgan fingerprint density at radius 3 is 2.69 bits per heavy atom. The molecule has 0 saturated heterocycles. The Kier molecular flexibility index (Phi) is 5.31. The molecule has 2 aromatic heterocycles. The van der Waals surface area contributed by atoms with Gasteiger partial charge in [-0.15, -0.1) is 0 Å². The Morgan fingerprint density at radius 1 is 1.15 bits per heavy atom. The van der Waals surface area contributed by atoms with Gasteiger partial charge in [0.1, 0.15) is 5.82 Å². The van der Waals surface area contributed by atoms with E-state index in [0.29, 0.717) is 17.6 Å². The van der Waals surface area contributed by atoms with Crippen molar-refractivity contribution in [3.05, 3.63) is 70.1 Å². The molecule has 6 nitrogen and oxygen atoms in total. The number of para-hydroxylation sites is 1. The van der Waals surface area contributed by atoms with Gasteiger partial charge in [0.05, 0.1) is 5.56 Å². The van der Waals surface area contributed by atoms with Crippen LogP contribution in [0.2, 0.25) is 0 Å². The third-order valence-electron chi connectivity index (χ3n) is 4.37. The van der Waals surface area contributed by atoms with Gasteiger partial charge >= 0.3 is 0 Å². The number of hydrogen-bond donors (Lipinski definition) is 2. The molecule has 1 amide bonds. The van der Waals surface area contributed by atoms with Crippen LogP contribution in [0.25, 0.3) is 10.9 Å². The molecule has 0 saturated carbocycles. The number of nitrogens with zero attached hydrogens (tertiary/aromatic N) is 2. The average molecular weight is 350 g/mol. The molecule has 26 heavy (non-hydrogen) atoms. The Hall–Kier alpha value is -3.15. The summed E-state index contributed by atoms with van der Waals surface area (Å²) in [5.74, 6) is 0.593. The van der Waals surface area contributed by atoms with Gasteiger partial charge < -0.3 is 15.2 Å². The monoisotopic (exact) mass is 350 g/mol. The van der Waals surface area contributed by atoms with Gasteiger partial charge in [-0.2, -0.15) is 0 Å². The van der Waals surface area contributed by atoms with Crippen LogP contribution >= 0.6 is 0 Å². The minimum atomic E-state index is -0.293. The number of anilines is 1. The molecule has 134 valence electrons. The lowest BCUT2D eigenvalue weighted by Gasteiger charge is -2.22. The predicted molar refractivity (Wildman–Crippen MR) is 104 cm³/mol. The second kappa shape index (κ2) is 7.82. The molecule has 3 rings (SSSR count). The fourth-order valence-electron chi connectivity index (χ4n) is 3.04. The van der Waals surface area contributed by atoms with Crippen molar-refractivity contribution in [3.63, 3.8) is 0 Å². The average Bonchev–Trinajstić information content (AvgIpc) is 2.67. The van der Waals surface area contributed by atoms with E-state index in [1.807, 2.05) is 30.3 Å². The Morgan fingerprint density at radius 2 is 1.92 bits per heavy atom. The number of H-pyrrole nitrogens is 1. The van der Waals surface area contributed by atoms with Crippen molar-refractivity contribution in [3.8, 4) is 0 Å². The molecule has 0 fully saturated rings. The second-order valence-electron chi connectivity index (χ2n) is 5.93. The number of amides is 1. The summed E-state index contributed by atoms with van der Waals surface area (Å²) in [4.78, 5) is 33.9. The Bertz CT molecular complexity index is 977. The van der Waals surface area contributed by atoms with Gasteiger partial charge in [0.2, 0.25) is 5.56 Å². The van der Waals surface area contributed by atoms with Crippen molar-refractivity contribution in [1.29, 1.82) is 0 Å². The van der Waals surface area contributed by atoms with E-state index >= 15 is 0 Å². The number of benzene rings is 1. The minimum absolute atomic E-state index is 0.276. The lowest BCUT2D eigenvalue weighted by molar-refractivity contribution is 0.0952. The van der Waals surface area contributed by atoms with Crippen molar-refractivity contribution < 1.29 is 4.79 Å². The lowest BCUT2D eigenvalue weighted by Crippen LogP contribution is -2.28. The standard InChI is InChI=1S/C20H22N4O2/c1-3-24(4-2)19-14(8-7-11-21-19)13-22-20(26)16-12-18(25)23-17-10-6-5-9-15(16)17/h5-12H,3-4,13H2,1-2H3,(H,22,26)(H,23,25). The molecule has 0 spiro atoms. The van der Waals surface area contributed by atoms with Crippen LogP contribution in [0.15, 0.2) is 53.5 Å².